The minimum Gasteiger partial charge on any atom is -0.352 e. The van der Waals surface area contributed by atoms with Crippen molar-refractivity contribution in [2.75, 3.05) is 32.7 Å². The fourth-order valence-electron chi connectivity index (χ4n) is 2.62. The predicted octanol–water partition coefficient (Wildman–Crippen LogP) is 1.88. The van der Waals surface area contributed by atoms with Crippen molar-refractivity contribution in [2.45, 2.75) is 12.8 Å². The van der Waals surface area contributed by atoms with E-state index in [1.54, 1.807) is 0 Å². The van der Waals surface area contributed by atoms with E-state index in [9.17, 15) is 9.18 Å². The Bertz CT molecular complexity index is 470. The zero-order valence-corrected chi connectivity index (χ0v) is 12.7. The molecule has 116 valence electrons. The smallest absolute Gasteiger partial charge is 0.251 e. The molecule has 1 heterocycles. The third-order valence-electron chi connectivity index (χ3n) is 3.83. The van der Waals surface area contributed by atoms with Crippen molar-refractivity contribution in [1.29, 1.82) is 0 Å². The van der Waals surface area contributed by atoms with Gasteiger partial charge in [-0.15, -0.1) is 0 Å². The first-order chi connectivity index (χ1) is 10.1. The molecule has 1 aromatic rings. The van der Waals surface area contributed by atoms with Crippen LogP contribution >= 0.6 is 11.6 Å². The van der Waals surface area contributed by atoms with E-state index in [4.69, 9.17) is 17.3 Å². The highest BCUT2D eigenvalue weighted by atomic mass is 35.5. The van der Waals surface area contributed by atoms with Gasteiger partial charge in [0, 0.05) is 30.2 Å². The second-order valence-electron chi connectivity index (χ2n) is 5.44. The third-order valence-corrected chi connectivity index (χ3v) is 4.05. The molecule has 1 saturated heterocycles. The van der Waals surface area contributed by atoms with Crippen LogP contribution in [0, 0.1) is 11.7 Å². The average molecular weight is 314 g/mol. The summed E-state index contributed by atoms with van der Waals surface area (Å²) in [5.41, 5.74) is 5.81. The van der Waals surface area contributed by atoms with E-state index in [-0.39, 0.29) is 16.5 Å². The Morgan fingerprint density at radius 3 is 2.71 bits per heavy atom. The van der Waals surface area contributed by atoms with Crippen molar-refractivity contribution in [1.82, 2.24) is 10.2 Å². The Labute approximate surface area is 129 Å². The van der Waals surface area contributed by atoms with Crippen LogP contribution in [0.2, 0.25) is 5.02 Å². The zero-order chi connectivity index (χ0) is 15.2. The number of likely N-dealkylation sites (tertiary alicyclic amines) is 1. The Morgan fingerprint density at radius 2 is 2.10 bits per heavy atom. The van der Waals surface area contributed by atoms with Gasteiger partial charge < -0.3 is 16.0 Å². The van der Waals surface area contributed by atoms with Crippen LogP contribution in [-0.4, -0.2) is 43.5 Å². The maximum atomic E-state index is 13.2. The standard InChI is InChI=1S/C15H21ClFN3O/c16-13-7-12(8-14(17)9-13)15(21)19-10-11-1-4-20(5-2-11)6-3-18/h7-9,11H,1-6,10,18H2,(H,19,21). The van der Waals surface area contributed by atoms with Gasteiger partial charge in [-0.2, -0.15) is 0 Å². The highest BCUT2D eigenvalue weighted by Crippen LogP contribution is 2.17. The van der Waals surface area contributed by atoms with Crippen LogP contribution in [-0.2, 0) is 0 Å². The number of rotatable bonds is 5. The van der Waals surface area contributed by atoms with Gasteiger partial charge in [0.1, 0.15) is 5.82 Å². The molecule has 0 saturated carbocycles. The van der Waals surface area contributed by atoms with Crippen molar-refractivity contribution in [2.24, 2.45) is 11.7 Å². The molecule has 0 atom stereocenters. The van der Waals surface area contributed by atoms with Gasteiger partial charge >= 0.3 is 0 Å². The molecule has 1 aromatic carbocycles. The molecule has 2 rings (SSSR count). The molecule has 3 N–H and O–H groups in total. The van der Waals surface area contributed by atoms with Gasteiger partial charge in [-0.1, -0.05) is 11.6 Å². The second kappa shape index (κ2) is 7.73. The number of nitrogens with one attached hydrogen (secondary N) is 1. The first kappa shape index (κ1) is 16.2. The number of amides is 1. The number of hydrogen-bond donors (Lipinski definition) is 2. The van der Waals surface area contributed by atoms with Crippen LogP contribution in [0.25, 0.3) is 0 Å². The van der Waals surface area contributed by atoms with E-state index >= 15 is 0 Å². The van der Waals surface area contributed by atoms with E-state index in [0.29, 0.717) is 19.0 Å². The summed E-state index contributed by atoms with van der Waals surface area (Å²) in [5, 5.41) is 3.09. The number of halogens is 2. The largest absolute Gasteiger partial charge is 0.352 e. The summed E-state index contributed by atoms with van der Waals surface area (Å²) < 4.78 is 13.2. The van der Waals surface area contributed by atoms with E-state index in [0.717, 1.165) is 32.5 Å². The third kappa shape index (κ3) is 4.95. The molecule has 0 aliphatic carbocycles. The molecular weight excluding hydrogens is 293 g/mol. The number of hydrogen-bond acceptors (Lipinski definition) is 3. The number of carbonyl (C=O) groups is 1. The van der Waals surface area contributed by atoms with Crippen molar-refractivity contribution in [3.05, 3.63) is 34.6 Å². The molecule has 0 unspecified atom stereocenters. The van der Waals surface area contributed by atoms with E-state index in [1.165, 1.54) is 18.2 Å². The van der Waals surface area contributed by atoms with Crippen LogP contribution in [0.5, 0.6) is 0 Å². The maximum Gasteiger partial charge on any atom is 0.251 e. The SMILES string of the molecule is NCCN1CCC(CNC(=O)c2cc(F)cc(Cl)c2)CC1. The first-order valence-corrected chi connectivity index (χ1v) is 7.63. The molecule has 21 heavy (non-hydrogen) atoms. The quantitative estimate of drug-likeness (QED) is 0.872. The normalized spacial score (nSPS) is 16.9. The Hall–Kier alpha value is -1.17. The molecule has 4 nitrogen and oxygen atoms in total. The number of carbonyl (C=O) groups excluding carboxylic acids is 1. The van der Waals surface area contributed by atoms with Crippen molar-refractivity contribution >= 4 is 17.5 Å². The summed E-state index contributed by atoms with van der Waals surface area (Å²) in [5.74, 6) is -0.310. The Morgan fingerprint density at radius 1 is 1.38 bits per heavy atom. The molecule has 1 amide bonds. The van der Waals surface area contributed by atoms with Crippen LogP contribution < -0.4 is 11.1 Å². The van der Waals surface area contributed by atoms with Crippen molar-refractivity contribution in [3.63, 3.8) is 0 Å². The molecule has 6 heteroatoms. The van der Waals surface area contributed by atoms with Gasteiger partial charge in [0.05, 0.1) is 0 Å². The lowest BCUT2D eigenvalue weighted by Gasteiger charge is -2.31. The monoisotopic (exact) mass is 313 g/mol. The van der Waals surface area contributed by atoms with Gasteiger partial charge in [0.15, 0.2) is 0 Å². The van der Waals surface area contributed by atoms with Crippen LogP contribution in [0.4, 0.5) is 4.39 Å². The minimum absolute atomic E-state index is 0.232. The molecule has 0 aromatic heterocycles. The molecule has 0 bridgehead atoms. The summed E-state index contributed by atoms with van der Waals surface area (Å²) in [6.45, 7) is 4.26. The van der Waals surface area contributed by atoms with E-state index in [1.807, 2.05) is 0 Å². The summed E-state index contributed by atoms with van der Waals surface area (Å²) in [7, 11) is 0. The highest BCUT2D eigenvalue weighted by molar-refractivity contribution is 6.31. The van der Waals surface area contributed by atoms with Gasteiger partial charge in [-0.25, -0.2) is 4.39 Å². The number of nitrogens with zero attached hydrogens (tertiary/aromatic N) is 1. The molecule has 0 spiro atoms. The fourth-order valence-corrected chi connectivity index (χ4v) is 2.84. The van der Waals surface area contributed by atoms with Gasteiger partial charge in [0.25, 0.3) is 5.91 Å². The molecular formula is C15H21ClFN3O. The fraction of sp³-hybridized carbons (Fsp3) is 0.533. The van der Waals surface area contributed by atoms with Crippen LogP contribution in [0.1, 0.15) is 23.2 Å². The van der Waals surface area contributed by atoms with Crippen LogP contribution in [0.3, 0.4) is 0 Å². The lowest BCUT2D eigenvalue weighted by molar-refractivity contribution is 0.0936. The second-order valence-corrected chi connectivity index (χ2v) is 5.88. The molecule has 1 aliphatic heterocycles. The molecule has 1 aliphatic rings. The minimum atomic E-state index is -0.497. The van der Waals surface area contributed by atoms with E-state index in [2.05, 4.69) is 10.2 Å². The summed E-state index contributed by atoms with van der Waals surface area (Å²) >= 11 is 5.75. The zero-order valence-electron chi connectivity index (χ0n) is 11.9. The Balaban J connectivity index is 1.79. The average Bonchev–Trinajstić information content (AvgIpc) is 2.45. The van der Waals surface area contributed by atoms with E-state index < -0.39 is 5.82 Å². The number of piperidine rings is 1. The lowest BCUT2D eigenvalue weighted by Crippen LogP contribution is -2.40. The summed E-state index contributed by atoms with van der Waals surface area (Å²) in [6.07, 6.45) is 2.09. The number of benzene rings is 1. The molecule has 1 fully saturated rings. The van der Waals surface area contributed by atoms with Crippen molar-refractivity contribution < 1.29 is 9.18 Å². The van der Waals surface area contributed by atoms with Crippen molar-refractivity contribution in [3.8, 4) is 0 Å². The maximum absolute atomic E-state index is 13.2. The predicted molar refractivity (Wildman–Crippen MR) is 82.0 cm³/mol. The lowest BCUT2D eigenvalue weighted by atomic mass is 9.96. The van der Waals surface area contributed by atoms with Gasteiger partial charge in [-0.05, 0) is 50.0 Å². The summed E-state index contributed by atoms with van der Waals surface area (Å²) in [6, 6.07) is 3.86. The summed E-state index contributed by atoms with van der Waals surface area (Å²) in [4.78, 5) is 14.3. The number of nitrogens with two attached hydrogens (primary N) is 1. The first-order valence-electron chi connectivity index (χ1n) is 7.25. The highest BCUT2D eigenvalue weighted by Gasteiger charge is 2.19. The Kier molecular flexibility index (Phi) is 5.96. The molecule has 0 radical (unpaired) electrons. The topological polar surface area (TPSA) is 58.4 Å². The van der Waals surface area contributed by atoms with Gasteiger partial charge in [-0.3, -0.25) is 4.79 Å². The van der Waals surface area contributed by atoms with Crippen LogP contribution in [0.15, 0.2) is 18.2 Å². The van der Waals surface area contributed by atoms with Gasteiger partial charge in [0.2, 0.25) is 0 Å².